The summed E-state index contributed by atoms with van der Waals surface area (Å²) in [7, 11) is 0. The molecule has 1 unspecified atom stereocenters. The molecule has 0 spiro atoms. The van der Waals surface area contributed by atoms with E-state index in [2.05, 4.69) is 99.8 Å². The first kappa shape index (κ1) is 70.6. The SMILES string of the molecule is CC/C=C\C/C=C\C/C=C\C/C=C\C/C=C\C/C=C\CCC(=O)OC(COC(=O)CCCCCCCCCCCC)COC(=O)CCCCCCCCCCCCCCCCC/C=C\CCCCCCCCCC. The van der Waals surface area contributed by atoms with Gasteiger partial charge in [0, 0.05) is 19.3 Å². The molecular formula is C68H118O6. The highest BCUT2D eigenvalue weighted by atomic mass is 16.6. The maximum absolute atomic E-state index is 12.8. The van der Waals surface area contributed by atoms with Crippen LogP contribution < -0.4 is 0 Å². The molecule has 0 rings (SSSR count). The van der Waals surface area contributed by atoms with E-state index in [1.54, 1.807) is 0 Å². The van der Waals surface area contributed by atoms with Crippen LogP contribution in [0.5, 0.6) is 0 Å². The number of hydrogen-bond acceptors (Lipinski definition) is 6. The summed E-state index contributed by atoms with van der Waals surface area (Å²) in [6.07, 6.45) is 81.9. The van der Waals surface area contributed by atoms with Crippen molar-refractivity contribution in [1.82, 2.24) is 0 Å². The molecule has 6 heteroatoms. The summed E-state index contributed by atoms with van der Waals surface area (Å²) in [5.41, 5.74) is 0. The van der Waals surface area contributed by atoms with E-state index in [4.69, 9.17) is 14.2 Å². The number of rotatable bonds is 57. The van der Waals surface area contributed by atoms with Crippen molar-refractivity contribution in [3.05, 3.63) is 85.1 Å². The largest absolute Gasteiger partial charge is 0.462 e. The molecule has 0 N–H and O–H groups in total. The van der Waals surface area contributed by atoms with Gasteiger partial charge in [0.25, 0.3) is 0 Å². The van der Waals surface area contributed by atoms with Gasteiger partial charge in [0.05, 0.1) is 0 Å². The predicted octanol–water partition coefficient (Wildman–Crippen LogP) is 21.5. The Morgan fingerprint density at radius 2 is 0.554 bits per heavy atom. The van der Waals surface area contributed by atoms with Gasteiger partial charge < -0.3 is 14.2 Å². The molecule has 0 saturated heterocycles. The van der Waals surface area contributed by atoms with Crippen molar-refractivity contribution in [2.24, 2.45) is 0 Å². The molecule has 0 aliphatic rings. The molecule has 0 aromatic rings. The van der Waals surface area contributed by atoms with E-state index in [0.717, 1.165) is 77.0 Å². The van der Waals surface area contributed by atoms with E-state index < -0.39 is 6.10 Å². The summed E-state index contributed by atoms with van der Waals surface area (Å²) >= 11 is 0. The summed E-state index contributed by atoms with van der Waals surface area (Å²) in [6.45, 7) is 6.48. The van der Waals surface area contributed by atoms with Crippen LogP contribution in [-0.4, -0.2) is 37.2 Å². The molecule has 0 amide bonds. The highest BCUT2D eigenvalue weighted by Crippen LogP contribution is 2.16. The minimum absolute atomic E-state index is 0.104. The highest BCUT2D eigenvalue weighted by molar-refractivity contribution is 5.71. The molecule has 426 valence electrons. The Balaban J connectivity index is 4.27. The van der Waals surface area contributed by atoms with Crippen LogP contribution in [0.25, 0.3) is 0 Å². The third kappa shape index (κ3) is 59.5. The molecule has 0 aliphatic heterocycles. The van der Waals surface area contributed by atoms with E-state index in [9.17, 15) is 14.4 Å². The molecule has 0 fully saturated rings. The van der Waals surface area contributed by atoms with E-state index in [1.807, 2.05) is 6.08 Å². The van der Waals surface area contributed by atoms with Gasteiger partial charge in [-0.25, -0.2) is 0 Å². The topological polar surface area (TPSA) is 78.9 Å². The third-order valence-electron chi connectivity index (χ3n) is 13.6. The fourth-order valence-corrected chi connectivity index (χ4v) is 8.94. The fraction of sp³-hybridized carbons (Fsp3) is 0.750. The second-order valence-corrected chi connectivity index (χ2v) is 20.9. The zero-order chi connectivity index (χ0) is 53.6. The van der Waals surface area contributed by atoms with Crippen molar-refractivity contribution in [3.63, 3.8) is 0 Å². The lowest BCUT2D eigenvalue weighted by atomic mass is 10.0. The summed E-state index contributed by atoms with van der Waals surface area (Å²) in [5.74, 6) is -0.980. The third-order valence-corrected chi connectivity index (χ3v) is 13.6. The van der Waals surface area contributed by atoms with Gasteiger partial charge in [0.1, 0.15) is 13.2 Å². The van der Waals surface area contributed by atoms with E-state index >= 15 is 0 Å². The van der Waals surface area contributed by atoms with Crippen LogP contribution in [0.1, 0.15) is 310 Å². The molecular weight excluding hydrogens is 913 g/mol. The van der Waals surface area contributed by atoms with Gasteiger partial charge in [-0.1, -0.05) is 292 Å². The number of carbonyl (C=O) groups excluding carboxylic acids is 3. The van der Waals surface area contributed by atoms with E-state index in [0.29, 0.717) is 19.3 Å². The normalized spacial score (nSPS) is 12.6. The Kier molecular flexibility index (Phi) is 59.3. The van der Waals surface area contributed by atoms with E-state index in [1.165, 1.54) is 186 Å². The smallest absolute Gasteiger partial charge is 0.306 e. The lowest BCUT2D eigenvalue weighted by Crippen LogP contribution is -2.30. The van der Waals surface area contributed by atoms with Crippen molar-refractivity contribution in [2.75, 3.05) is 13.2 Å². The van der Waals surface area contributed by atoms with Gasteiger partial charge in [0.15, 0.2) is 6.10 Å². The summed E-state index contributed by atoms with van der Waals surface area (Å²) in [6, 6.07) is 0. The number of ether oxygens (including phenoxy) is 3. The fourth-order valence-electron chi connectivity index (χ4n) is 8.94. The molecule has 6 nitrogen and oxygen atoms in total. The zero-order valence-electron chi connectivity index (χ0n) is 48.8. The number of hydrogen-bond donors (Lipinski definition) is 0. The molecule has 1 atom stereocenters. The van der Waals surface area contributed by atoms with Crippen LogP contribution in [0.4, 0.5) is 0 Å². The van der Waals surface area contributed by atoms with Crippen molar-refractivity contribution in [2.45, 2.75) is 316 Å². The quantitative estimate of drug-likeness (QED) is 0.0261. The minimum atomic E-state index is -0.815. The van der Waals surface area contributed by atoms with Crippen molar-refractivity contribution in [1.29, 1.82) is 0 Å². The van der Waals surface area contributed by atoms with Gasteiger partial charge >= 0.3 is 17.9 Å². The lowest BCUT2D eigenvalue weighted by Gasteiger charge is -2.18. The maximum atomic E-state index is 12.8. The summed E-state index contributed by atoms with van der Waals surface area (Å²) in [5, 5.41) is 0. The Bertz CT molecular complexity index is 1420. The Labute approximate surface area is 458 Å². The molecule has 0 aromatic heterocycles. The van der Waals surface area contributed by atoms with Gasteiger partial charge in [-0.2, -0.15) is 0 Å². The van der Waals surface area contributed by atoms with Crippen LogP contribution in [0, 0.1) is 0 Å². The Hall–Kier alpha value is -3.41. The maximum Gasteiger partial charge on any atom is 0.306 e. The number of allylic oxidation sites excluding steroid dienone is 14. The molecule has 0 radical (unpaired) electrons. The standard InChI is InChI=1S/C68H118O6/c1-4-7-10-13-16-19-22-24-26-28-30-31-32-33-34-35-36-37-39-40-42-44-46-49-52-55-58-61-67(70)73-64-65(63-72-66(69)60-57-54-51-48-21-18-15-12-9-6-3)74-68(71)62-59-56-53-50-47-45-43-41-38-29-27-25-23-20-17-14-11-8-5-2/h8,11,17,20,25,27-28,30,38,41,45,47,53,56,65H,4-7,9-10,12-16,18-19,21-24,26,29,31-37,39-40,42-44,46,48-52,54-55,57-64H2,1-3H3/b11-8-,20-17-,27-25-,30-28-,41-38-,47-45-,56-53-. The Morgan fingerprint density at radius 3 is 0.878 bits per heavy atom. The van der Waals surface area contributed by atoms with Crippen LogP contribution in [0.3, 0.4) is 0 Å². The first-order chi connectivity index (χ1) is 36.5. The molecule has 0 heterocycles. The Morgan fingerprint density at radius 1 is 0.284 bits per heavy atom. The lowest BCUT2D eigenvalue weighted by molar-refractivity contribution is -0.166. The van der Waals surface area contributed by atoms with Gasteiger partial charge in [0.2, 0.25) is 0 Å². The van der Waals surface area contributed by atoms with Crippen molar-refractivity contribution in [3.8, 4) is 0 Å². The number of carbonyl (C=O) groups is 3. The van der Waals surface area contributed by atoms with Crippen LogP contribution in [0.15, 0.2) is 85.1 Å². The second-order valence-electron chi connectivity index (χ2n) is 20.9. The monoisotopic (exact) mass is 1030 g/mol. The highest BCUT2D eigenvalue weighted by Gasteiger charge is 2.19. The van der Waals surface area contributed by atoms with Crippen LogP contribution in [0.2, 0.25) is 0 Å². The van der Waals surface area contributed by atoms with Crippen molar-refractivity contribution < 1.29 is 28.6 Å². The summed E-state index contributed by atoms with van der Waals surface area (Å²) in [4.78, 5) is 38.1. The van der Waals surface area contributed by atoms with Gasteiger partial charge in [-0.15, -0.1) is 0 Å². The summed E-state index contributed by atoms with van der Waals surface area (Å²) < 4.78 is 16.8. The first-order valence-corrected chi connectivity index (χ1v) is 31.6. The average molecular weight is 1030 g/mol. The predicted molar refractivity (Wildman–Crippen MR) is 321 cm³/mol. The first-order valence-electron chi connectivity index (χ1n) is 31.6. The molecule has 0 aromatic carbocycles. The number of unbranched alkanes of at least 4 members (excludes halogenated alkanes) is 32. The number of esters is 3. The second kappa shape index (κ2) is 62.1. The molecule has 0 aliphatic carbocycles. The van der Waals surface area contributed by atoms with Crippen LogP contribution in [-0.2, 0) is 28.6 Å². The zero-order valence-corrected chi connectivity index (χ0v) is 48.8. The van der Waals surface area contributed by atoms with Gasteiger partial charge in [-0.3, -0.25) is 14.4 Å². The van der Waals surface area contributed by atoms with E-state index in [-0.39, 0.29) is 37.5 Å². The van der Waals surface area contributed by atoms with Gasteiger partial charge in [-0.05, 0) is 83.5 Å². The molecule has 0 bridgehead atoms. The van der Waals surface area contributed by atoms with Crippen LogP contribution >= 0.6 is 0 Å². The minimum Gasteiger partial charge on any atom is -0.462 e. The molecule has 74 heavy (non-hydrogen) atoms. The molecule has 0 saturated carbocycles. The average Bonchev–Trinajstić information content (AvgIpc) is 3.40. The van der Waals surface area contributed by atoms with Crippen molar-refractivity contribution >= 4 is 17.9 Å².